The van der Waals surface area contributed by atoms with Gasteiger partial charge in [0.05, 0.1) is 18.0 Å². The van der Waals surface area contributed by atoms with E-state index < -0.39 is 0 Å². The van der Waals surface area contributed by atoms with Crippen LogP contribution in [-0.2, 0) is 6.42 Å². The summed E-state index contributed by atoms with van der Waals surface area (Å²) in [7, 11) is 0. The molecule has 0 aliphatic carbocycles. The Morgan fingerprint density at radius 3 is 2.82 bits per heavy atom. The number of aromatic amines is 1. The molecule has 0 unspecified atom stereocenters. The van der Waals surface area contributed by atoms with E-state index in [9.17, 15) is 4.79 Å². The van der Waals surface area contributed by atoms with Gasteiger partial charge in [-0.05, 0) is 25.5 Å². The molecule has 1 aromatic heterocycles. The number of hydrogen-bond acceptors (Lipinski definition) is 5. The van der Waals surface area contributed by atoms with E-state index in [0.717, 1.165) is 12.1 Å². The Kier molecular flexibility index (Phi) is 5.55. The van der Waals surface area contributed by atoms with Crippen molar-refractivity contribution in [2.75, 3.05) is 18.5 Å². The summed E-state index contributed by atoms with van der Waals surface area (Å²) in [5.74, 6) is 1.07. The van der Waals surface area contributed by atoms with Crippen LogP contribution in [0, 0.1) is 6.92 Å². The highest BCUT2D eigenvalue weighted by Gasteiger charge is 2.09. The van der Waals surface area contributed by atoms with Crippen molar-refractivity contribution in [1.82, 2.24) is 9.97 Å². The molecule has 22 heavy (non-hydrogen) atoms. The van der Waals surface area contributed by atoms with E-state index in [0.29, 0.717) is 36.0 Å². The predicted octanol–water partition coefficient (Wildman–Crippen LogP) is 2.15. The van der Waals surface area contributed by atoms with Crippen LogP contribution in [0.3, 0.4) is 0 Å². The van der Waals surface area contributed by atoms with Crippen molar-refractivity contribution in [3.8, 4) is 5.75 Å². The molecule has 3 N–H and O–H groups in total. The molecule has 1 aromatic carbocycles. The Morgan fingerprint density at radius 1 is 1.36 bits per heavy atom. The van der Waals surface area contributed by atoms with Gasteiger partial charge in [0.2, 0.25) is 5.95 Å². The first kappa shape index (κ1) is 16.0. The second-order valence-electron chi connectivity index (χ2n) is 4.92. The van der Waals surface area contributed by atoms with Crippen LogP contribution in [0.25, 0.3) is 0 Å². The SMILES string of the molecule is CCCOc1ccccc1Nc1nc(C)c(CCO)c(=O)[nH]1. The zero-order valence-corrected chi connectivity index (χ0v) is 12.8. The lowest BCUT2D eigenvalue weighted by Gasteiger charge is -2.13. The molecule has 0 amide bonds. The maximum Gasteiger partial charge on any atom is 0.255 e. The van der Waals surface area contributed by atoms with Crippen LogP contribution < -0.4 is 15.6 Å². The molecular weight excluding hydrogens is 282 g/mol. The number of aliphatic hydroxyl groups excluding tert-OH is 1. The first-order chi connectivity index (χ1) is 10.7. The number of aryl methyl sites for hydroxylation is 1. The lowest BCUT2D eigenvalue weighted by molar-refractivity contribution is 0.298. The van der Waals surface area contributed by atoms with Gasteiger partial charge in [0.1, 0.15) is 5.75 Å². The monoisotopic (exact) mass is 303 g/mol. The molecule has 118 valence electrons. The molecular formula is C16H21N3O3. The number of anilines is 2. The van der Waals surface area contributed by atoms with E-state index in [4.69, 9.17) is 9.84 Å². The zero-order valence-electron chi connectivity index (χ0n) is 12.8. The van der Waals surface area contributed by atoms with Crippen molar-refractivity contribution >= 4 is 11.6 Å². The fraction of sp³-hybridized carbons (Fsp3) is 0.375. The van der Waals surface area contributed by atoms with Crippen LogP contribution >= 0.6 is 0 Å². The van der Waals surface area contributed by atoms with E-state index in [1.807, 2.05) is 31.2 Å². The molecule has 0 spiro atoms. The van der Waals surface area contributed by atoms with Gasteiger partial charge in [-0.15, -0.1) is 0 Å². The zero-order chi connectivity index (χ0) is 15.9. The number of nitrogens with zero attached hydrogens (tertiary/aromatic N) is 1. The van der Waals surface area contributed by atoms with E-state index in [2.05, 4.69) is 15.3 Å². The van der Waals surface area contributed by atoms with Gasteiger partial charge in [-0.1, -0.05) is 19.1 Å². The minimum atomic E-state index is -0.240. The average Bonchev–Trinajstić information content (AvgIpc) is 2.50. The molecule has 2 aromatic rings. The molecule has 0 atom stereocenters. The molecule has 0 radical (unpaired) electrons. The summed E-state index contributed by atoms with van der Waals surface area (Å²) in [4.78, 5) is 19.0. The predicted molar refractivity (Wildman–Crippen MR) is 85.9 cm³/mol. The van der Waals surface area contributed by atoms with E-state index in [1.165, 1.54) is 0 Å². The summed E-state index contributed by atoms with van der Waals surface area (Å²) < 4.78 is 5.67. The number of benzene rings is 1. The van der Waals surface area contributed by atoms with Crippen molar-refractivity contribution in [3.05, 3.63) is 45.9 Å². The Balaban J connectivity index is 2.26. The van der Waals surface area contributed by atoms with Crippen molar-refractivity contribution < 1.29 is 9.84 Å². The third-order valence-corrected chi connectivity index (χ3v) is 3.19. The fourth-order valence-corrected chi connectivity index (χ4v) is 2.11. The lowest BCUT2D eigenvalue weighted by atomic mass is 10.2. The second-order valence-corrected chi connectivity index (χ2v) is 4.92. The maximum atomic E-state index is 12.0. The molecule has 2 rings (SSSR count). The van der Waals surface area contributed by atoms with Crippen molar-refractivity contribution in [1.29, 1.82) is 0 Å². The number of para-hydroxylation sites is 2. The van der Waals surface area contributed by atoms with Gasteiger partial charge >= 0.3 is 0 Å². The van der Waals surface area contributed by atoms with E-state index in [-0.39, 0.29) is 12.2 Å². The van der Waals surface area contributed by atoms with Crippen molar-refractivity contribution in [2.45, 2.75) is 26.7 Å². The highest BCUT2D eigenvalue weighted by Crippen LogP contribution is 2.26. The van der Waals surface area contributed by atoms with Gasteiger partial charge in [-0.3, -0.25) is 9.78 Å². The largest absolute Gasteiger partial charge is 0.491 e. The van der Waals surface area contributed by atoms with Crippen molar-refractivity contribution in [3.63, 3.8) is 0 Å². The maximum absolute atomic E-state index is 12.0. The van der Waals surface area contributed by atoms with Gasteiger partial charge in [0.25, 0.3) is 5.56 Å². The number of aromatic nitrogens is 2. The second kappa shape index (κ2) is 7.61. The number of hydrogen-bond donors (Lipinski definition) is 3. The molecule has 6 heteroatoms. The minimum absolute atomic E-state index is 0.0773. The van der Waals surface area contributed by atoms with Crippen LogP contribution in [0.4, 0.5) is 11.6 Å². The first-order valence-corrected chi connectivity index (χ1v) is 7.35. The summed E-state index contributed by atoms with van der Waals surface area (Å²) in [6.45, 7) is 4.34. The molecule has 0 aliphatic heterocycles. The quantitative estimate of drug-likeness (QED) is 0.729. The number of aliphatic hydroxyl groups is 1. The van der Waals surface area contributed by atoms with Gasteiger partial charge < -0.3 is 15.2 Å². The molecule has 0 aliphatic rings. The molecule has 0 saturated heterocycles. The number of H-pyrrole nitrogens is 1. The van der Waals surface area contributed by atoms with Crippen LogP contribution in [-0.4, -0.2) is 28.3 Å². The number of ether oxygens (including phenoxy) is 1. The van der Waals surface area contributed by atoms with Crippen LogP contribution in [0.1, 0.15) is 24.6 Å². The van der Waals surface area contributed by atoms with Crippen LogP contribution in [0.2, 0.25) is 0 Å². The van der Waals surface area contributed by atoms with Crippen LogP contribution in [0.5, 0.6) is 5.75 Å². The molecule has 0 bridgehead atoms. The number of rotatable bonds is 7. The Labute approximate surface area is 129 Å². The van der Waals surface area contributed by atoms with Crippen LogP contribution in [0.15, 0.2) is 29.1 Å². The third-order valence-electron chi connectivity index (χ3n) is 3.19. The van der Waals surface area contributed by atoms with Gasteiger partial charge in [-0.2, -0.15) is 0 Å². The standard InChI is InChI=1S/C16H21N3O3/c1-3-10-22-14-7-5-4-6-13(14)18-16-17-11(2)12(8-9-20)15(21)19-16/h4-7,20H,3,8-10H2,1-2H3,(H2,17,18,19,21). The summed E-state index contributed by atoms with van der Waals surface area (Å²) >= 11 is 0. The van der Waals surface area contributed by atoms with E-state index in [1.54, 1.807) is 6.92 Å². The lowest BCUT2D eigenvalue weighted by Crippen LogP contribution is -2.19. The Bertz CT molecular complexity index is 683. The van der Waals surface area contributed by atoms with Gasteiger partial charge in [0, 0.05) is 18.6 Å². The van der Waals surface area contributed by atoms with E-state index >= 15 is 0 Å². The van der Waals surface area contributed by atoms with Crippen molar-refractivity contribution in [2.24, 2.45) is 0 Å². The molecule has 6 nitrogen and oxygen atoms in total. The summed E-state index contributed by atoms with van der Waals surface area (Å²) in [5.41, 5.74) is 1.61. The third kappa shape index (κ3) is 3.85. The first-order valence-electron chi connectivity index (χ1n) is 7.35. The summed E-state index contributed by atoms with van der Waals surface area (Å²) in [6.07, 6.45) is 1.21. The van der Waals surface area contributed by atoms with Gasteiger partial charge in [-0.25, -0.2) is 4.98 Å². The summed E-state index contributed by atoms with van der Waals surface area (Å²) in [5, 5.41) is 12.1. The average molecular weight is 303 g/mol. The highest BCUT2D eigenvalue weighted by atomic mass is 16.5. The summed E-state index contributed by atoms with van der Waals surface area (Å²) in [6, 6.07) is 7.50. The molecule has 0 fully saturated rings. The Morgan fingerprint density at radius 2 is 2.14 bits per heavy atom. The Hall–Kier alpha value is -2.34. The van der Waals surface area contributed by atoms with Gasteiger partial charge in [0.15, 0.2) is 0 Å². The minimum Gasteiger partial charge on any atom is -0.491 e. The smallest absolute Gasteiger partial charge is 0.255 e. The highest BCUT2D eigenvalue weighted by molar-refractivity contribution is 5.62. The molecule has 0 saturated carbocycles. The fourth-order valence-electron chi connectivity index (χ4n) is 2.11. The number of nitrogens with one attached hydrogen (secondary N) is 2. The molecule has 1 heterocycles. The normalized spacial score (nSPS) is 10.5. The topological polar surface area (TPSA) is 87.2 Å².